The minimum atomic E-state index is 0.817. The lowest BCUT2D eigenvalue weighted by molar-refractivity contribution is 0.307. The molecule has 0 atom stereocenters. The Morgan fingerprint density at radius 3 is 2.74 bits per heavy atom. The van der Waals surface area contributed by atoms with E-state index >= 15 is 0 Å². The summed E-state index contributed by atoms with van der Waals surface area (Å²) in [6, 6.07) is 4.21. The normalized spacial score (nSPS) is 10.9. The second-order valence-corrected chi connectivity index (χ2v) is 8.40. The van der Waals surface area contributed by atoms with E-state index in [0.717, 1.165) is 27.0 Å². The van der Waals surface area contributed by atoms with E-state index in [9.17, 15) is 0 Å². The molecule has 2 rings (SSSR count). The lowest BCUT2D eigenvalue weighted by Crippen LogP contribution is -1.96. The summed E-state index contributed by atoms with van der Waals surface area (Å²) < 4.78 is 8.15. The number of hydrogen-bond acceptors (Lipinski definition) is 3. The van der Waals surface area contributed by atoms with Crippen LogP contribution in [0.3, 0.4) is 0 Å². The van der Waals surface area contributed by atoms with Crippen molar-refractivity contribution < 1.29 is 4.74 Å². The maximum absolute atomic E-state index is 5.91. The highest BCUT2D eigenvalue weighted by atomic mass is 79.9. The van der Waals surface area contributed by atoms with Gasteiger partial charge in [0.25, 0.3) is 0 Å². The van der Waals surface area contributed by atoms with Gasteiger partial charge < -0.3 is 4.74 Å². The zero-order chi connectivity index (χ0) is 13.7. The average Bonchev–Trinajstić information content (AvgIpc) is 2.97. The van der Waals surface area contributed by atoms with E-state index in [-0.39, 0.29) is 0 Å². The van der Waals surface area contributed by atoms with Gasteiger partial charge >= 0.3 is 0 Å². The molecule has 0 saturated heterocycles. The highest BCUT2D eigenvalue weighted by Gasteiger charge is 2.12. The van der Waals surface area contributed by atoms with Crippen LogP contribution in [0.1, 0.15) is 32.6 Å². The van der Waals surface area contributed by atoms with Crippen molar-refractivity contribution in [2.75, 3.05) is 6.61 Å². The van der Waals surface area contributed by atoms with Crippen molar-refractivity contribution in [3.05, 3.63) is 25.8 Å². The highest BCUT2D eigenvalue weighted by molar-refractivity contribution is 9.13. The Balaban J connectivity index is 1.97. The summed E-state index contributed by atoms with van der Waals surface area (Å²) in [5.41, 5.74) is 0. The summed E-state index contributed by atoms with van der Waals surface area (Å²) in [5.74, 6) is 1.02. The number of halogens is 2. The van der Waals surface area contributed by atoms with E-state index in [1.165, 1.54) is 29.0 Å². The van der Waals surface area contributed by atoms with Crippen molar-refractivity contribution in [2.24, 2.45) is 0 Å². The molecule has 0 aliphatic heterocycles. The molecule has 0 N–H and O–H groups in total. The molecule has 5 heteroatoms. The first kappa shape index (κ1) is 15.5. The molecule has 0 aliphatic rings. The Morgan fingerprint density at radius 2 is 2.05 bits per heavy atom. The number of hydrogen-bond donors (Lipinski definition) is 0. The maximum atomic E-state index is 5.91. The molecule has 2 heterocycles. The van der Waals surface area contributed by atoms with Gasteiger partial charge in [-0.3, -0.25) is 0 Å². The van der Waals surface area contributed by atoms with E-state index in [1.54, 1.807) is 22.7 Å². The lowest BCUT2D eigenvalue weighted by Gasteiger charge is -2.05. The second kappa shape index (κ2) is 7.81. The molecular formula is C14H16Br2OS2. The van der Waals surface area contributed by atoms with Gasteiger partial charge in [-0.2, -0.15) is 0 Å². The van der Waals surface area contributed by atoms with E-state index in [2.05, 4.69) is 56.3 Å². The first-order valence-electron chi connectivity index (χ1n) is 6.38. The largest absolute Gasteiger partial charge is 0.492 e. The molecule has 0 aromatic carbocycles. The fourth-order valence-electron chi connectivity index (χ4n) is 1.76. The number of rotatable bonds is 7. The zero-order valence-electron chi connectivity index (χ0n) is 10.7. The van der Waals surface area contributed by atoms with Gasteiger partial charge in [0, 0.05) is 4.47 Å². The van der Waals surface area contributed by atoms with Crippen molar-refractivity contribution in [1.29, 1.82) is 0 Å². The molecule has 0 aliphatic carbocycles. The molecule has 0 spiro atoms. The van der Waals surface area contributed by atoms with Crippen LogP contribution in [-0.2, 0) is 0 Å². The minimum Gasteiger partial charge on any atom is -0.492 e. The Morgan fingerprint density at radius 1 is 1.21 bits per heavy atom. The van der Waals surface area contributed by atoms with Crippen molar-refractivity contribution in [1.82, 2.24) is 0 Å². The number of ether oxygens (including phenoxy) is 1. The fourth-order valence-corrected chi connectivity index (χ4v) is 4.76. The molecule has 19 heavy (non-hydrogen) atoms. The molecule has 0 amide bonds. The smallest absolute Gasteiger partial charge is 0.138 e. The van der Waals surface area contributed by atoms with Crippen molar-refractivity contribution in [2.45, 2.75) is 32.6 Å². The summed E-state index contributed by atoms with van der Waals surface area (Å²) in [6.07, 6.45) is 4.96. The quantitative estimate of drug-likeness (QED) is 0.437. The summed E-state index contributed by atoms with van der Waals surface area (Å²) in [4.78, 5) is 2.48. The summed E-state index contributed by atoms with van der Waals surface area (Å²) >= 11 is 10.5. The topological polar surface area (TPSA) is 9.23 Å². The van der Waals surface area contributed by atoms with E-state index < -0.39 is 0 Å². The Labute approximate surface area is 139 Å². The Bertz CT molecular complexity index is 500. The summed E-state index contributed by atoms with van der Waals surface area (Å²) in [7, 11) is 0. The van der Waals surface area contributed by atoms with Crippen LogP contribution < -0.4 is 4.74 Å². The van der Waals surface area contributed by atoms with Crippen LogP contribution in [0.25, 0.3) is 9.75 Å². The Kier molecular flexibility index (Phi) is 6.39. The molecule has 104 valence electrons. The van der Waals surface area contributed by atoms with Crippen molar-refractivity contribution >= 4 is 54.5 Å². The monoisotopic (exact) mass is 422 g/mol. The molecule has 0 unspecified atom stereocenters. The van der Waals surface area contributed by atoms with Crippen molar-refractivity contribution in [3.8, 4) is 15.5 Å². The maximum Gasteiger partial charge on any atom is 0.138 e. The van der Waals surface area contributed by atoms with Crippen molar-refractivity contribution in [3.63, 3.8) is 0 Å². The molecule has 1 nitrogen and oxygen atoms in total. The molecule has 0 radical (unpaired) electrons. The van der Waals surface area contributed by atoms with Gasteiger partial charge in [-0.05, 0) is 55.8 Å². The van der Waals surface area contributed by atoms with Crippen LogP contribution in [0.5, 0.6) is 5.75 Å². The van der Waals surface area contributed by atoms with Crippen LogP contribution >= 0.6 is 54.5 Å². The van der Waals surface area contributed by atoms with Gasteiger partial charge in [0.1, 0.15) is 5.75 Å². The van der Waals surface area contributed by atoms with Gasteiger partial charge in [-0.15, -0.1) is 22.7 Å². The average molecular weight is 424 g/mol. The third-order valence-electron chi connectivity index (χ3n) is 2.75. The molecule has 2 aromatic heterocycles. The third kappa shape index (κ3) is 4.31. The van der Waals surface area contributed by atoms with Gasteiger partial charge in [0.15, 0.2) is 0 Å². The first-order chi connectivity index (χ1) is 9.22. The minimum absolute atomic E-state index is 0.817. The predicted octanol–water partition coefficient (Wildman–Crippen LogP) is 6.96. The number of unbranched alkanes of at least 4 members (excludes halogenated alkanes) is 3. The van der Waals surface area contributed by atoms with Crippen LogP contribution in [0, 0.1) is 0 Å². The van der Waals surface area contributed by atoms with Crippen LogP contribution in [0.4, 0.5) is 0 Å². The van der Waals surface area contributed by atoms with E-state index in [1.807, 2.05) is 0 Å². The summed E-state index contributed by atoms with van der Waals surface area (Å²) in [5, 5.41) is 2.10. The zero-order valence-corrected chi connectivity index (χ0v) is 15.6. The van der Waals surface area contributed by atoms with Crippen LogP contribution in [0.2, 0.25) is 0 Å². The van der Waals surface area contributed by atoms with Crippen LogP contribution in [0.15, 0.2) is 25.8 Å². The predicted molar refractivity (Wildman–Crippen MR) is 92.7 cm³/mol. The third-order valence-corrected chi connectivity index (χ3v) is 7.09. The first-order valence-corrected chi connectivity index (χ1v) is 9.66. The van der Waals surface area contributed by atoms with Gasteiger partial charge in [-0.1, -0.05) is 26.2 Å². The molecule has 0 saturated carbocycles. The second-order valence-electron chi connectivity index (χ2n) is 4.26. The molecule has 0 fully saturated rings. The summed E-state index contributed by atoms with van der Waals surface area (Å²) in [6.45, 7) is 3.04. The van der Waals surface area contributed by atoms with Gasteiger partial charge in [0.05, 0.1) is 20.1 Å². The van der Waals surface area contributed by atoms with E-state index in [4.69, 9.17) is 4.74 Å². The molecule has 2 aromatic rings. The molecule has 0 bridgehead atoms. The SMILES string of the molecule is CCCCCCOc1ccsc1-c1cc(Br)c(Br)s1. The lowest BCUT2D eigenvalue weighted by atomic mass is 10.2. The standard InChI is InChI=1S/C14H16Br2OS2/c1-2-3-4-5-7-17-11-6-8-18-13(11)12-9-10(15)14(16)19-12/h6,8-9H,2-5,7H2,1H3. The fraction of sp³-hybridized carbons (Fsp3) is 0.429. The van der Waals surface area contributed by atoms with Crippen LogP contribution in [-0.4, -0.2) is 6.61 Å². The molecular weight excluding hydrogens is 408 g/mol. The van der Waals surface area contributed by atoms with E-state index in [0.29, 0.717) is 0 Å². The highest BCUT2D eigenvalue weighted by Crippen LogP contribution is 2.44. The van der Waals surface area contributed by atoms with Gasteiger partial charge in [-0.25, -0.2) is 0 Å². The Hall–Kier alpha value is 0.160. The van der Waals surface area contributed by atoms with Gasteiger partial charge in [0.2, 0.25) is 0 Å². The number of thiophene rings is 2.